The lowest BCUT2D eigenvalue weighted by molar-refractivity contribution is -0.789. The van der Waals surface area contributed by atoms with Gasteiger partial charge in [0.2, 0.25) is 0 Å². The van der Waals surface area contributed by atoms with Crippen molar-refractivity contribution >= 4 is 22.1 Å². The van der Waals surface area contributed by atoms with Gasteiger partial charge in [0.25, 0.3) is 0 Å². The Balaban J connectivity index is 2.53. The number of nitrogens with one attached hydrogen (secondary N) is 2. The lowest BCUT2D eigenvalue weighted by Crippen LogP contribution is -3.08. The predicted molar refractivity (Wildman–Crippen MR) is 60.3 cm³/mol. The normalized spacial score (nSPS) is 15.0. The van der Waals surface area contributed by atoms with Crippen molar-refractivity contribution in [1.29, 1.82) is 0 Å². The van der Waals surface area contributed by atoms with E-state index in [9.17, 15) is 10.4 Å². The van der Waals surface area contributed by atoms with Crippen LogP contribution in [-0.2, 0) is 0 Å². The van der Waals surface area contributed by atoms with Crippen LogP contribution in [0.3, 0.4) is 0 Å². The highest BCUT2D eigenvalue weighted by molar-refractivity contribution is 5.86. The quantitative estimate of drug-likeness (QED) is 0.369. The van der Waals surface area contributed by atoms with Gasteiger partial charge in [0, 0.05) is 24.3 Å². The lowest BCUT2D eigenvalue weighted by Gasteiger charge is -2.16. The molecule has 0 spiro atoms. The molecule has 2 aromatic rings. The molecule has 0 aliphatic carbocycles. The van der Waals surface area contributed by atoms with Crippen LogP contribution in [0.15, 0.2) is 36.4 Å². The standard InChI is InChI=1S/C10H12N4O2/c11-13(15)9-3-1-7-5-10(14(12)16)4-2-8(7)6-9/h1-6,13-14H,11-12H2. The maximum atomic E-state index is 11.0. The summed E-state index contributed by atoms with van der Waals surface area (Å²) in [6.45, 7) is 0. The molecule has 6 heteroatoms. The van der Waals surface area contributed by atoms with Crippen LogP contribution in [-0.4, -0.2) is 0 Å². The fourth-order valence-electron chi connectivity index (χ4n) is 1.55. The highest BCUT2D eigenvalue weighted by Crippen LogP contribution is 2.19. The van der Waals surface area contributed by atoms with E-state index in [1.165, 1.54) is 0 Å². The summed E-state index contributed by atoms with van der Waals surface area (Å²) in [5, 5.41) is 22.7. The Bertz CT molecular complexity index is 466. The number of quaternary nitrogens is 2. The van der Waals surface area contributed by atoms with Gasteiger partial charge in [-0.3, -0.25) is 10.3 Å². The van der Waals surface area contributed by atoms with Crippen LogP contribution in [0.1, 0.15) is 0 Å². The van der Waals surface area contributed by atoms with Gasteiger partial charge in [-0.2, -0.15) is 11.7 Å². The summed E-state index contributed by atoms with van der Waals surface area (Å²) in [4.78, 5) is 0. The molecule has 0 aliphatic heterocycles. The molecule has 0 saturated heterocycles. The van der Waals surface area contributed by atoms with E-state index in [-0.39, 0.29) is 0 Å². The van der Waals surface area contributed by atoms with E-state index < -0.39 is 10.3 Å². The minimum absolute atomic E-state index is 0.444. The maximum Gasteiger partial charge on any atom is 0.151 e. The van der Waals surface area contributed by atoms with Crippen molar-refractivity contribution in [2.75, 3.05) is 0 Å². The minimum Gasteiger partial charge on any atom is -0.608 e. The van der Waals surface area contributed by atoms with Gasteiger partial charge in [-0.25, -0.2) is 0 Å². The second-order valence-electron chi connectivity index (χ2n) is 3.51. The lowest BCUT2D eigenvalue weighted by atomic mass is 10.1. The van der Waals surface area contributed by atoms with E-state index in [2.05, 4.69) is 0 Å². The second-order valence-corrected chi connectivity index (χ2v) is 3.51. The second kappa shape index (κ2) is 4.14. The summed E-state index contributed by atoms with van der Waals surface area (Å²) >= 11 is 0. The number of hydrogen-bond donors (Lipinski definition) is 4. The number of benzene rings is 2. The van der Waals surface area contributed by atoms with Gasteiger partial charge >= 0.3 is 0 Å². The van der Waals surface area contributed by atoms with Crippen LogP contribution >= 0.6 is 0 Å². The molecule has 2 rings (SSSR count). The summed E-state index contributed by atoms with van der Waals surface area (Å²) < 4.78 is 0. The van der Waals surface area contributed by atoms with E-state index in [0.717, 1.165) is 10.8 Å². The molecule has 0 fully saturated rings. The van der Waals surface area contributed by atoms with Gasteiger partial charge < -0.3 is 10.4 Å². The third kappa shape index (κ3) is 2.02. The molecule has 0 amide bonds. The van der Waals surface area contributed by atoms with Crippen LogP contribution in [0, 0.1) is 10.4 Å². The van der Waals surface area contributed by atoms with Gasteiger partial charge in [0.1, 0.15) is 0 Å². The number of nitrogens with two attached hydrogens (primary N) is 2. The Morgan fingerprint density at radius 1 is 0.750 bits per heavy atom. The Morgan fingerprint density at radius 3 is 1.44 bits per heavy atom. The van der Waals surface area contributed by atoms with Crippen molar-refractivity contribution in [2.24, 2.45) is 11.7 Å². The zero-order valence-corrected chi connectivity index (χ0v) is 8.44. The van der Waals surface area contributed by atoms with Crippen LogP contribution in [0.5, 0.6) is 0 Å². The van der Waals surface area contributed by atoms with Crippen LogP contribution in [0.2, 0.25) is 0 Å². The molecule has 6 N–H and O–H groups in total. The molecule has 2 unspecified atom stereocenters. The van der Waals surface area contributed by atoms with Crippen molar-refractivity contribution in [3.63, 3.8) is 0 Å². The molecule has 0 saturated carbocycles. The number of nitrogen functional groups attached to an aromatic ring is 2. The first kappa shape index (κ1) is 11.0. The molecular formula is C10H12N4O2. The predicted octanol–water partition coefficient (Wildman–Crippen LogP) is -1.38. The van der Waals surface area contributed by atoms with Crippen LogP contribution in [0.25, 0.3) is 10.8 Å². The first-order chi connectivity index (χ1) is 7.58. The highest BCUT2D eigenvalue weighted by Gasteiger charge is 2.04. The molecule has 16 heavy (non-hydrogen) atoms. The number of fused-ring (bicyclic) bond motifs is 1. The monoisotopic (exact) mass is 220 g/mol. The molecule has 2 aromatic carbocycles. The summed E-state index contributed by atoms with van der Waals surface area (Å²) in [6, 6.07) is 10.1. The van der Waals surface area contributed by atoms with E-state index in [4.69, 9.17) is 11.7 Å². The third-order valence-electron chi connectivity index (χ3n) is 2.41. The molecule has 0 bridgehead atoms. The third-order valence-corrected chi connectivity index (χ3v) is 2.41. The first-order valence-corrected chi connectivity index (χ1v) is 4.71. The fourth-order valence-corrected chi connectivity index (χ4v) is 1.55. The summed E-state index contributed by atoms with van der Waals surface area (Å²) in [6.07, 6.45) is 0. The summed E-state index contributed by atoms with van der Waals surface area (Å²) in [5.41, 5.74) is 0.888. The Kier molecular flexibility index (Phi) is 2.84. The van der Waals surface area contributed by atoms with Gasteiger partial charge in [-0.05, 0) is 22.9 Å². The fraction of sp³-hybridized carbons (Fsp3) is 0. The van der Waals surface area contributed by atoms with Gasteiger partial charge in [-0.15, -0.1) is 0 Å². The van der Waals surface area contributed by atoms with Gasteiger partial charge in [-0.1, -0.05) is 0 Å². The van der Waals surface area contributed by atoms with E-state index in [1.54, 1.807) is 36.4 Å². The molecule has 0 heterocycles. The van der Waals surface area contributed by atoms with Crippen molar-refractivity contribution < 1.29 is 10.3 Å². The van der Waals surface area contributed by atoms with Crippen molar-refractivity contribution in [3.05, 3.63) is 46.8 Å². The van der Waals surface area contributed by atoms with Crippen LogP contribution in [0.4, 0.5) is 11.4 Å². The Hall–Kier alpha value is -1.54. The van der Waals surface area contributed by atoms with E-state index in [1.807, 2.05) is 0 Å². The highest BCUT2D eigenvalue weighted by atomic mass is 16.5. The topological polar surface area (TPSA) is 107 Å². The van der Waals surface area contributed by atoms with Gasteiger partial charge in [0.05, 0.1) is 0 Å². The SMILES string of the molecule is N[NH+]([O-])c1ccc2cc([NH+](N)[O-])ccc2c1. The molecular weight excluding hydrogens is 208 g/mol. The molecule has 0 aromatic heterocycles. The zero-order valence-electron chi connectivity index (χ0n) is 8.44. The zero-order chi connectivity index (χ0) is 11.7. The van der Waals surface area contributed by atoms with Crippen molar-refractivity contribution in [1.82, 2.24) is 0 Å². The molecule has 2 atom stereocenters. The molecule has 0 radical (unpaired) electrons. The largest absolute Gasteiger partial charge is 0.608 e. The summed E-state index contributed by atoms with van der Waals surface area (Å²) in [7, 11) is 0. The van der Waals surface area contributed by atoms with Crippen LogP contribution < -0.4 is 22.0 Å². The molecule has 84 valence electrons. The Morgan fingerprint density at radius 2 is 1.12 bits per heavy atom. The average molecular weight is 220 g/mol. The van der Waals surface area contributed by atoms with Gasteiger partial charge in [0.15, 0.2) is 11.4 Å². The van der Waals surface area contributed by atoms with E-state index >= 15 is 0 Å². The van der Waals surface area contributed by atoms with Crippen molar-refractivity contribution in [3.8, 4) is 0 Å². The smallest absolute Gasteiger partial charge is 0.151 e. The summed E-state index contributed by atoms with van der Waals surface area (Å²) in [5.74, 6) is 10.3. The maximum absolute atomic E-state index is 11.0. The van der Waals surface area contributed by atoms with Crippen molar-refractivity contribution in [2.45, 2.75) is 0 Å². The average Bonchev–Trinajstić information content (AvgIpc) is 2.27. The molecule has 0 aliphatic rings. The van der Waals surface area contributed by atoms with E-state index in [0.29, 0.717) is 11.4 Å². The number of hydrogen-bond acceptors (Lipinski definition) is 4. The number of rotatable bonds is 2. The minimum atomic E-state index is -0.471. The molecule has 6 nitrogen and oxygen atoms in total. The Labute approximate surface area is 91.7 Å². The first-order valence-electron chi connectivity index (χ1n) is 4.71.